The zero-order valence-corrected chi connectivity index (χ0v) is 27.2. The molecule has 0 aliphatic heterocycles. The first-order chi connectivity index (χ1) is 21.0. The molecule has 3 saturated carbocycles. The van der Waals surface area contributed by atoms with E-state index in [2.05, 4.69) is 44.5 Å². The summed E-state index contributed by atoms with van der Waals surface area (Å²) in [4.78, 5) is 38.9. The zero-order chi connectivity index (χ0) is 33.2. The first-order valence-electron chi connectivity index (χ1n) is 15.0. The third kappa shape index (κ3) is 7.37. The van der Waals surface area contributed by atoms with Crippen LogP contribution in [0.4, 0.5) is 0 Å². The molecule has 6 unspecified atom stereocenters. The van der Waals surface area contributed by atoms with Gasteiger partial charge >= 0.3 is 0 Å². The number of rotatable bonds is 4. The lowest BCUT2D eigenvalue weighted by Gasteiger charge is -2.58. The SMILES string of the molecule is C#C.C#C.CC.CC(=O)O.CC12C=CC(=O)C=C1CCC1C2[C@@H](O)CC2(C)C(C(=O)CSc3nc4ccccc4o3)CCC12. The molecule has 4 aliphatic carbocycles. The highest BCUT2D eigenvalue weighted by Crippen LogP contribution is 2.66. The number of terminal acetylenes is 2. The molecule has 0 radical (unpaired) electrons. The van der Waals surface area contributed by atoms with E-state index in [9.17, 15) is 14.7 Å². The number of hydrogen-bond donors (Lipinski definition) is 2. The normalized spacial score (nSPS) is 30.8. The van der Waals surface area contributed by atoms with Crippen LogP contribution in [-0.4, -0.2) is 44.6 Å². The van der Waals surface area contributed by atoms with E-state index in [1.54, 1.807) is 12.2 Å². The summed E-state index contributed by atoms with van der Waals surface area (Å²) >= 11 is 1.38. The van der Waals surface area contributed by atoms with Crippen molar-refractivity contribution >= 4 is 40.4 Å². The first-order valence-corrected chi connectivity index (χ1v) is 16.0. The lowest BCUT2D eigenvalue weighted by Crippen LogP contribution is -2.56. The van der Waals surface area contributed by atoms with Gasteiger partial charge in [-0.3, -0.25) is 14.4 Å². The van der Waals surface area contributed by atoms with E-state index >= 15 is 0 Å². The fraction of sp³-hybridized carbons (Fsp3) is 0.500. The predicted octanol–water partition coefficient (Wildman–Crippen LogP) is 7.00. The van der Waals surface area contributed by atoms with Gasteiger partial charge in [0.2, 0.25) is 0 Å². The molecule has 0 bridgehead atoms. The van der Waals surface area contributed by atoms with Crippen LogP contribution in [0, 0.1) is 60.2 Å². The minimum absolute atomic E-state index is 0.0433. The average Bonchev–Trinajstić information content (AvgIpc) is 3.59. The van der Waals surface area contributed by atoms with E-state index in [-0.39, 0.29) is 34.2 Å². The number of carbonyl (C=O) groups is 3. The van der Waals surface area contributed by atoms with Gasteiger partial charge in [-0.1, -0.05) is 63.2 Å². The highest BCUT2D eigenvalue weighted by molar-refractivity contribution is 7.99. The number of benzene rings is 1. The summed E-state index contributed by atoms with van der Waals surface area (Å²) < 4.78 is 5.79. The van der Waals surface area contributed by atoms with Crippen molar-refractivity contribution in [2.75, 3.05) is 5.75 Å². The second-order valence-electron chi connectivity index (χ2n) is 11.7. The van der Waals surface area contributed by atoms with E-state index in [1.165, 1.54) is 17.3 Å². The van der Waals surface area contributed by atoms with E-state index < -0.39 is 12.1 Å². The molecule has 0 saturated heterocycles. The summed E-state index contributed by atoms with van der Waals surface area (Å²) in [6.07, 6.45) is 25.5. The Morgan fingerprint density at radius 1 is 1.09 bits per heavy atom. The molecule has 3 fully saturated rings. The minimum Gasteiger partial charge on any atom is -0.481 e. The number of allylic oxidation sites excluding steroid dienone is 4. The largest absolute Gasteiger partial charge is 0.481 e. The van der Waals surface area contributed by atoms with Crippen LogP contribution in [0.1, 0.15) is 66.7 Å². The molecule has 8 heteroatoms. The predicted molar refractivity (Wildman–Crippen MR) is 176 cm³/mol. The van der Waals surface area contributed by atoms with Gasteiger partial charge in [-0.25, -0.2) is 4.98 Å². The lowest BCUT2D eigenvalue weighted by molar-refractivity contribution is -0.137. The maximum Gasteiger partial charge on any atom is 0.300 e. The summed E-state index contributed by atoms with van der Waals surface area (Å²) in [5, 5.41) is 19.4. The molecule has 6 rings (SSSR count). The Balaban J connectivity index is 0.000000607. The van der Waals surface area contributed by atoms with Crippen molar-refractivity contribution in [2.45, 2.75) is 78.0 Å². The van der Waals surface area contributed by atoms with Crippen LogP contribution in [0.15, 0.2) is 57.7 Å². The van der Waals surface area contributed by atoms with Crippen LogP contribution in [0.3, 0.4) is 0 Å². The summed E-state index contributed by atoms with van der Waals surface area (Å²) in [6.45, 7) is 9.52. The maximum absolute atomic E-state index is 13.5. The fourth-order valence-corrected chi connectivity index (χ4v) is 8.78. The lowest BCUT2D eigenvalue weighted by atomic mass is 9.46. The van der Waals surface area contributed by atoms with Gasteiger partial charge < -0.3 is 14.6 Å². The molecule has 7 atom stereocenters. The van der Waals surface area contributed by atoms with Gasteiger partial charge in [0.05, 0.1) is 11.9 Å². The number of fused-ring (bicyclic) bond motifs is 6. The van der Waals surface area contributed by atoms with Gasteiger partial charge in [-0.2, -0.15) is 0 Å². The number of para-hydroxylation sites is 2. The zero-order valence-electron chi connectivity index (χ0n) is 26.4. The first kappa shape index (κ1) is 36.6. The number of aliphatic carboxylic acids is 1. The topological polar surface area (TPSA) is 118 Å². The van der Waals surface area contributed by atoms with Gasteiger partial charge in [-0.15, -0.1) is 25.7 Å². The van der Waals surface area contributed by atoms with E-state index in [0.29, 0.717) is 29.2 Å². The Hall–Kier alpha value is -3.59. The standard InChI is InChI=1S/C28H31NO4S.C2H4O2.C2H6.2C2H2/c1-27-12-11-17(30)13-16(27)7-8-18-19-9-10-20(28(19,2)14-22(31)25(18)27)23(32)15-34-26-29-21-5-3-4-6-24(21)33-26;1-2(3)4;3*1-2/h3-6,11-13,18-20,22,25,31H,7-10,14-15H2,1-2H3;1H3,(H,3,4);1-2H3;2*1-2H/t18?,19?,20?,22-,25?,27?,28?;;;;/m0..../s1. The molecule has 44 heavy (non-hydrogen) atoms. The second kappa shape index (κ2) is 15.9. The van der Waals surface area contributed by atoms with Gasteiger partial charge in [0.15, 0.2) is 11.4 Å². The van der Waals surface area contributed by atoms with Gasteiger partial charge in [-0.05, 0) is 73.6 Å². The van der Waals surface area contributed by atoms with Crippen molar-refractivity contribution in [3.05, 3.63) is 48.1 Å². The van der Waals surface area contributed by atoms with Gasteiger partial charge in [0, 0.05) is 24.2 Å². The number of oxazole rings is 1. The van der Waals surface area contributed by atoms with E-state index in [0.717, 1.165) is 43.7 Å². The Kier molecular flexibility index (Phi) is 13.3. The van der Waals surface area contributed by atoms with Crippen molar-refractivity contribution < 1.29 is 29.0 Å². The van der Waals surface area contributed by atoms with Crippen LogP contribution in [0.2, 0.25) is 0 Å². The number of nitrogens with zero attached hydrogens (tertiary/aromatic N) is 1. The Labute approximate surface area is 266 Å². The minimum atomic E-state index is -0.833. The average molecular weight is 620 g/mol. The molecule has 1 aromatic carbocycles. The molecule has 0 spiro atoms. The van der Waals surface area contributed by atoms with Crippen LogP contribution >= 0.6 is 11.8 Å². The third-order valence-corrected chi connectivity index (χ3v) is 10.3. The summed E-state index contributed by atoms with van der Waals surface area (Å²) in [5.74, 6) is 0.679. The van der Waals surface area contributed by atoms with E-state index in [4.69, 9.17) is 14.3 Å². The molecule has 0 amide bonds. The molecule has 2 aromatic rings. The molecule has 1 heterocycles. The number of hydrogen-bond acceptors (Lipinski definition) is 7. The number of carboxylic acid groups (broad SMARTS) is 1. The molecular formula is C36H45NO6S. The summed E-state index contributed by atoms with van der Waals surface area (Å²) in [7, 11) is 0. The van der Waals surface area contributed by atoms with Gasteiger partial charge in [0.1, 0.15) is 11.3 Å². The number of aromatic nitrogens is 1. The Morgan fingerprint density at radius 2 is 1.73 bits per heavy atom. The highest BCUT2D eigenvalue weighted by atomic mass is 32.2. The highest BCUT2D eigenvalue weighted by Gasteiger charge is 2.62. The van der Waals surface area contributed by atoms with Crippen LogP contribution in [0.5, 0.6) is 0 Å². The Morgan fingerprint density at radius 3 is 2.36 bits per heavy atom. The number of carboxylic acids is 1. The number of carbonyl (C=O) groups excluding carboxylic acids is 2. The molecule has 4 aliphatic rings. The van der Waals surface area contributed by atoms with Crippen molar-refractivity contribution in [2.24, 2.45) is 34.5 Å². The smallest absolute Gasteiger partial charge is 0.300 e. The van der Waals surface area contributed by atoms with Crippen molar-refractivity contribution in [3.63, 3.8) is 0 Å². The molecule has 236 valence electrons. The molecule has 2 N–H and O–H groups in total. The molecule has 7 nitrogen and oxygen atoms in total. The number of Topliss-reactive ketones (excluding diaryl/α,β-unsaturated/α-hetero) is 1. The van der Waals surface area contributed by atoms with Crippen LogP contribution in [-0.2, 0) is 14.4 Å². The van der Waals surface area contributed by atoms with Crippen molar-refractivity contribution in [1.82, 2.24) is 4.98 Å². The summed E-state index contributed by atoms with van der Waals surface area (Å²) in [5.41, 5.74) is 2.27. The summed E-state index contributed by atoms with van der Waals surface area (Å²) in [6, 6.07) is 7.64. The van der Waals surface area contributed by atoms with Crippen molar-refractivity contribution in [3.8, 4) is 25.7 Å². The van der Waals surface area contributed by atoms with Gasteiger partial charge in [0.25, 0.3) is 11.2 Å². The molecule has 1 aromatic heterocycles. The molecular weight excluding hydrogens is 574 g/mol. The quantitative estimate of drug-likeness (QED) is 0.278. The van der Waals surface area contributed by atoms with Crippen LogP contribution < -0.4 is 0 Å². The number of aliphatic hydroxyl groups is 1. The number of ketones is 2. The van der Waals surface area contributed by atoms with Crippen LogP contribution in [0.25, 0.3) is 11.1 Å². The van der Waals surface area contributed by atoms with Crippen molar-refractivity contribution in [1.29, 1.82) is 0 Å². The fourth-order valence-electron chi connectivity index (χ4n) is 8.00. The van der Waals surface area contributed by atoms with E-state index in [1.807, 2.05) is 44.2 Å². The monoisotopic (exact) mass is 619 g/mol. The second-order valence-corrected chi connectivity index (χ2v) is 12.6. The maximum atomic E-state index is 13.5. The number of aliphatic hydroxyl groups excluding tert-OH is 1. The third-order valence-electron chi connectivity index (χ3n) is 9.49. The number of thioether (sulfide) groups is 1. The Bertz CT molecular complexity index is 1380.